The maximum Gasteiger partial charge on any atom is 0.0674 e. The van der Waals surface area contributed by atoms with Gasteiger partial charge in [0, 0.05) is 12.9 Å². The Hall–Kier alpha value is -1.57. The van der Waals surface area contributed by atoms with Crippen molar-refractivity contribution >= 4 is 12.4 Å². The Kier molecular flexibility index (Phi) is 2.64. The lowest BCUT2D eigenvalue weighted by Crippen LogP contribution is -2.06. The first-order chi connectivity index (χ1) is 5.79. The maximum atomic E-state index is 3.80. The zero-order valence-corrected chi connectivity index (χ0v) is 7.20. The fraction of sp³-hybridized carbons (Fsp3) is 0.100. The van der Waals surface area contributed by atoms with E-state index in [1.807, 2.05) is 31.2 Å². The van der Waals surface area contributed by atoms with Crippen LogP contribution in [0.15, 0.2) is 42.1 Å². The summed E-state index contributed by atoms with van der Waals surface area (Å²) >= 11 is 0. The minimum atomic E-state index is 1.02. The van der Waals surface area contributed by atoms with E-state index in [2.05, 4.69) is 18.4 Å². The van der Waals surface area contributed by atoms with E-state index < -0.39 is 0 Å². The third-order valence-corrected chi connectivity index (χ3v) is 1.69. The molecule has 2 nitrogen and oxygen atoms in total. The fourth-order valence-electron chi connectivity index (χ4n) is 1.05. The molecule has 0 radical (unpaired) electrons. The van der Waals surface area contributed by atoms with E-state index in [0.717, 1.165) is 11.3 Å². The van der Waals surface area contributed by atoms with E-state index >= 15 is 0 Å². The lowest BCUT2D eigenvalue weighted by atomic mass is 10.2. The molecule has 0 aliphatic heterocycles. The Bertz CT molecular complexity index is 284. The third-order valence-electron chi connectivity index (χ3n) is 1.69. The second kappa shape index (κ2) is 3.72. The van der Waals surface area contributed by atoms with Gasteiger partial charge in [-0.3, -0.25) is 0 Å². The maximum absolute atomic E-state index is 3.80. The van der Waals surface area contributed by atoms with Crippen LogP contribution in [0.5, 0.6) is 0 Å². The Morgan fingerprint density at radius 3 is 2.58 bits per heavy atom. The Morgan fingerprint density at radius 2 is 2.08 bits per heavy atom. The molecule has 1 aromatic rings. The van der Waals surface area contributed by atoms with Gasteiger partial charge in [0.1, 0.15) is 0 Å². The van der Waals surface area contributed by atoms with Crippen molar-refractivity contribution in [2.45, 2.75) is 6.92 Å². The summed E-state index contributed by atoms with van der Waals surface area (Å²) in [6.07, 6.45) is 1.63. The molecule has 0 amide bonds. The summed E-state index contributed by atoms with van der Waals surface area (Å²) in [4.78, 5) is 0. The predicted molar refractivity (Wildman–Crippen MR) is 53.4 cm³/mol. The molecule has 1 aromatic carbocycles. The number of nitrogens with zero attached hydrogens (tertiary/aromatic N) is 2. The van der Waals surface area contributed by atoms with Crippen molar-refractivity contribution in [3.8, 4) is 0 Å². The Morgan fingerprint density at radius 1 is 1.42 bits per heavy atom. The smallest absolute Gasteiger partial charge is 0.0674 e. The molecule has 0 saturated heterocycles. The van der Waals surface area contributed by atoms with Gasteiger partial charge in [-0.2, -0.15) is 5.10 Å². The SMILES string of the molecule is C=CN(N=C)c1ccccc1C. The van der Waals surface area contributed by atoms with Crippen molar-refractivity contribution in [3.05, 3.63) is 42.6 Å². The van der Waals surface area contributed by atoms with Crippen molar-refractivity contribution in [3.63, 3.8) is 0 Å². The van der Waals surface area contributed by atoms with Gasteiger partial charge >= 0.3 is 0 Å². The van der Waals surface area contributed by atoms with Gasteiger partial charge in [-0.15, -0.1) is 0 Å². The van der Waals surface area contributed by atoms with Crippen LogP contribution >= 0.6 is 0 Å². The van der Waals surface area contributed by atoms with Gasteiger partial charge in [-0.25, -0.2) is 5.01 Å². The van der Waals surface area contributed by atoms with Crippen LogP contribution in [0.1, 0.15) is 5.56 Å². The summed E-state index contributed by atoms with van der Waals surface area (Å²) in [5, 5.41) is 5.45. The average Bonchev–Trinajstić information content (AvgIpc) is 2.10. The summed E-state index contributed by atoms with van der Waals surface area (Å²) in [6, 6.07) is 7.95. The van der Waals surface area contributed by atoms with Crippen molar-refractivity contribution in [1.82, 2.24) is 0 Å². The van der Waals surface area contributed by atoms with Crippen LogP contribution < -0.4 is 5.01 Å². The highest BCUT2D eigenvalue weighted by Gasteiger charge is 2.00. The molecular weight excluding hydrogens is 148 g/mol. The summed E-state index contributed by atoms with van der Waals surface area (Å²) in [5.41, 5.74) is 2.17. The number of hydrazone groups is 1. The molecule has 2 heteroatoms. The first-order valence-corrected chi connectivity index (χ1v) is 3.73. The first kappa shape index (κ1) is 8.53. The first-order valence-electron chi connectivity index (χ1n) is 3.73. The van der Waals surface area contributed by atoms with Crippen LogP contribution in [0.2, 0.25) is 0 Å². The van der Waals surface area contributed by atoms with Crippen LogP contribution in [0.4, 0.5) is 5.69 Å². The normalized spacial score (nSPS) is 9.08. The average molecular weight is 160 g/mol. The molecule has 0 saturated carbocycles. The van der Waals surface area contributed by atoms with Crippen LogP contribution in [0.25, 0.3) is 0 Å². The number of aryl methyl sites for hydroxylation is 1. The molecular formula is C10H12N2. The summed E-state index contributed by atoms with van der Waals surface area (Å²) in [7, 11) is 0. The number of hydrogen-bond donors (Lipinski definition) is 0. The zero-order chi connectivity index (χ0) is 8.97. The number of benzene rings is 1. The molecule has 62 valence electrons. The summed E-state index contributed by atoms with van der Waals surface area (Å²) in [5.74, 6) is 0. The van der Waals surface area contributed by atoms with Gasteiger partial charge in [0.2, 0.25) is 0 Å². The predicted octanol–water partition coefficient (Wildman–Crippen LogP) is 2.56. The second-order valence-corrected chi connectivity index (χ2v) is 2.46. The molecule has 0 unspecified atom stereocenters. The molecule has 0 aliphatic rings. The van der Waals surface area contributed by atoms with E-state index in [1.54, 1.807) is 11.2 Å². The molecule has 0 aliphatic carbocycles. The minimum absolute atomic E-state index is 1.02. The molecule has 0 N–H and O–H groups in total. The van der Waals surface area contributed by atoms with Gasteiger partial charge in [0.05, 0.1) is 5.69 Å². The van der Waals surface area contributed by atoms with E-state index in [-0.39, 0.29) is 0 Å². The summed E-state index contributed by atoms with van der Waals surface area (Å²) < 4.78 is 0. The van der Waals surface area contributed by atoms with Gasteiger partial charge in [-0.05, 0) is 18.6 Å². The van der Waals surface area contributed by atoms with Gasteiger partial charge < -0.3 is 0 Å². The van der Waals surface area contributed by atoms with Crippen LogP contribution in [0.3, 0.4) is 0 Å². The molecule has 0 atom stereocenters. The Balaban J connectivity index is 3.08. The molecule has 1 rings (SSSR count). The van der Waals surface area contributed by atoms with Gasteiger partial charge in [-0.1, -0.05) is 24.8 Å². The number of rotatable bonds is 3. The molecule has 0 spiro atoms. The minimum Gasteiger partial charge on any atom is -0.242 e. The van der Waals surface area contributed by atoms with Crippen LogP contribution in [0, 0.1) is 6.92 Å². The molecule has 12 heavy (non-hydrogen) atoms. The van der Waals surface area contributed by atoms with Gasteiger partial charge in [0.15, 0.2) is 0 Å². The van der Waals surface area contributed by atoms with E-state index in [0.29, 0.717) is 0 Å². The highest BCUT2D eigenvalue weighted by atomic mass is 15.4. The van der Waals surface area contributed by atoms with E-state index in [4.69, 9.17) is 0 Å². The lowest BCUT2D eigenvalue weighted by molar-refractivity contribution is 1.08. The molecule has 0 heterocycles. The topological polar surface area (TPSA) is 15.6 Å². The van der Waals surface area contributed by atoms with Crippen molar-refractivity contribution in [1.29, 1.82) is 0 Å². The van der Waals surface area contributed by atoms with Crippen molar-refractivity contribution in [2.75, 3.05) is 5.01 Å². The summed E-state index contributed by atoms with van der Waals surface area (Å²) in [6.45, 7) is 9.12. The largest absolute Gasteiger partial charge is 0.242 e. The number of hydrogen-bond acceptors (Lipinski definition) is 2. The molecule has 0 aromatic heterocycles. The standard InChI is InChI=1S/C10H12N2/c1-4-12(11-3)10-8-6-5-7-9(10)2/h4-8H,1,3H2,2H3. The van der Waals surface area contributed by atoms with Crippen molar-refractivity contribution < 1.29 is 0 Å². The third kappa shape index (κ3) is 1.53. The monoisotopic (exact) mass is 160 g/mol. The van der Waals surface area contributed by atoms with E-state index in [1.165, 1.54) is 0 Å². The highest BCUT2D eigenvalue weighted by Crippen LogP contribution is 2.18. The van der Waals surface area contributed by atoms with Crippen LogP contribution in [-0.2, 0) is 0 Å². The quantitative estimate of drug-likeness (QED) is 0.490. The van der Waals surface area contributed by atoms with Gasteiger partial charge in [0.25, 0.3) is 0 Å². The highest BCUT2D eigenvalue weighted by molar-refractivity contribution is 5.55. The lowest BCUT2D eigenvalue weighted by Gasteiger charge is -2.14. The fourth-order valence-corrected chi connectivity index (χ4v) is 1.05. The van der Waals surface area contributed by atoms with Crippen molar-refractivity contribution in [2.24, 2.45) is 5.10 Å². The number of anilines is 1. The van der Waals surface area contributed by atoms with E-state index in [9.17, 15) is 0 Å². The molecule has 0 bridgehead atoms. The second-order valence-electron chi connectivity index (χ2n) is 2.46. The molecule has 0 fully saturated rings. The van der Waals surface area contributed by atoms with Crippen LogP contribution in [-0.4, -0.2) is 6.72 Å². The number of para-hydroxylation sites is 1. The zero-order valence-electron chi connectivity index (χ0n) is 7.20. The Labute approximate surface area is 72.8 Å².